The number of hydrogen-bond donors (Lipinski definition) is 1. The van der Waals surface area contributed by atoms with Crippen LogP contribution in [-0.4, -0.2) is 29.7 Å². The lowest BCUT2D eigenvalue weighted by Crippen LogP contribution is -2.37. The van der Waals surface area contributed by atoms with Gasteiger partial charge < -0.3 is 9.84 Å². The van der Waals surface area contributed by atoms with E-state index in [0.29, 0.717) is 18.1 Å². The van der Waals surface area contributed by atoms with Gasteiger partial charge >= 0.3 is 0 Å². The average Bonchev–Trinajstić information content (AvgIpc) is 2.39. The summed E-state index contributed by atoms with van der Waals surface area (Å²) >= 11 is 0. The molecule has 0 aliphatic carbocycles. The Kier molecular flexibility index (Phi) is 4.70. The van der Waals surface area contributed by atoms with Gasteiger partial charge in [-0.05, 0) is 37.8 Å². The highest BCUT2D eigenvalue weighted by molar-refractivity contribution is 5.45. The minimum atomic E-state index is 0.302. The molecule has 0 saturated carbocycles. The van der Waals surface area contributed by atoms with Crippen LogP contribution in [-0.2, 0) is 6.54 Å². The molecule has 0 amide bonds. The Balaban J connectivity index is 2.05. The van der Waals surface area contributed by atoms with Crippen molar-refractivity contribution in [3.05, 3.63) is 23.8 Å². The Morgan fingerprint density at radius 3 is 2.79 bits per heavy atom. The monoisotopic (exact) mass is 263 g/mol. The van der Waals surface area contributed by atoms with Crippen molar-refractivity contribution in [3.8, 4) is 11.5 Å². The molecule has 1 aliphatic rings. The number of phenols is 1. The highest BCUT2D eigenvalue weighted by Gasteiger charge is 2.23. The van der Waals surface area contributed by atoms with Crippen LogP contribution < -0.4 is 4.74 Å². The molecule has 3 heteroatoms. The van der Waals surface area contributed by atoms with Crippen LogP contribution in [0, 0.1) is 11.8 Å². The number of piperidine rings is 1. The number of rotatable bonds is 4. The van der Waals surface area contributed by atoms with E-state index in [4.69, 9.17) is 4.74 Å². The Morgan fingerprint density at radius 1 is 1.32 bits per heavy atom. The number of nitrogens with zero attached hydrogens (tertiary/aromatic N) is 1. The largest absolute Gasteiger partial charge is 0.504 e. The summed E-state index contributed by atoms with van der Waals surface area (Å²) in [5.41, 5.74) is 0.965. The zero-order valence-corrected chi connectivity index (χ0v) is 12.2. The van der Waals surface area contributed by atoms with E-state index in [-0.39, 0.29) is 0 Å². The second-order valence-corrected chi connectivity index (χ2v) is 5.68. The summed E-state index contributed by atoms with van der Waals surface area (Å²) in [6.07, 6.45) is 1.24. The first kappa shape index (κ1) is 14.2. The molecule has 2 unspecified atom stereocenters. The van der Waals surface area contributed by atoms with Gasteiger partial charge in [0.1, 0.15) is 0 Å². The predicted molar refractivity (Wildman–Crippen MR) is 77.5 cm³/mol. The Labute approximate surface area is 116 Å². The molecule has 1 fully saturated rings. The number of likely N-dealkylation sites (tertiary alicyclic amines) is 1. The van der Waals surface area contributed by atoms with Crippen molar-refractivity contribution in [2.75, 3.05) is 19.7 Å². The lowest BCUT2D eigenvalue weighted by Gasteiger charge is -2.35. The number of hydrogen-bond acceptors (Lipinski definition) is 3. The predicted octanol–water partition coefficient (Wildman–Crippen LogP) is 3.27. The highest BCUT2D eigenvalue weighted by atomic mass is 16.5. The van der Waals surface area contributed by atoms with Crippen molar-refractivity contribution < 1.29 is 9.84 Å². The summed E-state index contributed by atoms with van der Waals surface area (Å²) in [7, 11) is 0. The Bertz CT molecular complexity index is 419. The molecule has 106 valence electrons. The van der Waals surface area contributed by atoms with Gasteiger partial charge in [0.25, 0.3) is 0 Å². The lowest BCUT2D eigenvalue weighted by atomic mass is 9.88. The molecule has 2 rings (SSSR count). The standard InChI is InChI=1S/C16H25NO2/c1-4-19-15-7-5-6-14(16(15)18)11-17-9-8-12(2)13(3)10-17/h5-7,12-13,18H,4,8-11H2,1-3H3. The molecule has 1 aromatic rings. The molecular formula is C16H25NO2. The molecule has 1 heterocycles. The molecule has 0 spiro atoms. The molecule has 0 radical (unpaired) electrons. The molecule has 19 heavy (non-hydrogen) atoms. The summed E-state index contributed by atoms with van der Waals surface area (Å²) in [6.45, 7) is 10.2. The first-order valence-corrected chi connectivity index (χ1v) is 7.27. The van der Waals surface area contributed by atoms with Gasteiger partial charge in [-0.3, -0.25) is 4.90 Å². The third-order valence-electron chi connectivity index (χ3n) is 4.19. The van der Waals surface area contributed by atoms with Crippen molar-refractivity contribution in [3.63, 3.8) is 0 Å². The fraction of sp³-hybridized carbons (Fsp3) is 0.625. The summed E-state index contributed by atoms with van der Waals surface area (Å²) in [5, 5.41) is 10.2. The first-order valence-electron chi connectivity index (χ1n) is 7.27. The molecule has 3 nitrogen and oxygen atoms in total. The fourth-order valence-corrected chi connectivity index (χ4v) is 2.70. The van der Waals surface area contributed by atoms with Crippen molar-refractivity contribution >= 4 is 0 Å². The van der Waals surface area contributed by atoms with Gasteiger partial charge in [-0.25, -0.2) is 0 Å². The van der Waals surface area contributed by atoms with E-state index in [1.54, 1.807) is 0 Å². The van der Waals surface area contributed by atoms with E-state index in [1.165, 1.54) is 6.42 Å². The van der Waals surface area contributed by atoms with Gasteiger partial charge in [0.15, 0.2) is 11.5 Å². The van der Waals surface area contributed by atoms with E-state index in [1.807, 2.05) is 25.1 Å². The first-order chi connectivity index (χ1) is 9.11. The summed E-state index contributed by atoms with van der Waals surface area (Å²) in [4.78, 5) is 2.43. The van der Waals surface area contributed by atoms with Gasteiger partial charge in [0, 0.05) is 18.7 Å². The van der Waals surface area contributed by atoms with Crippen LogP contribution in [0.25, 0.3) is 0 Å². The highest BCUT2D eigenvalue weighted by Crippen LogP contribution is 2.32. The van der Waals surface area contributed by atoms with Crippen LogP contribution >= 0.6 is 0 Å². The third kappa shape index (κ3) is 3.41. The minimum absolute atomic E-state index is 0.302. The van der Waals surface area contributed by atoms with Crippen LogP contribution in [0.2, 0.25) is 0 Å². The minimum Gasteiger partial charge on any atom is -0.504 e. The maximum absolute atomic E-state index is 10.2. The van der Waals surface area contributed by atoms with Gasteiger partial charge in [-0.1, -0.05) is 26.0 Å². The maximum Gasteiger partial charge on any atom is 0.162 e. The van der Waals surface area contributed by atoms with Gasteiger partial charge in [0.05, 0.1) is 6.61 Å². The van der Waals surface area contributed by atoms with E-state index in [9.17, 15) is 5.11 Å². The zero-order valence-electron chi connectivity index (χ0n) is 12.2. The molecule has 1 saturated heterocycles. The van der Waals surface area contributed by atoms with Crippen molar-refractivity contribution in [1.29, 1.82) is 0 Å². The van der Waals surface area contributed by atoms with Gasteiger partial charge in [-0.15, -0.1) is 0 Å². The molecule has 1 aromatic carbocycles. The molecule has 1 N–H and O–H groups in total. The number of phenolic OH excluding ortho intramolecular Hbond substituents is 1. The van der Waals surface area contributed by atoms with E-state index in [2.05, 4.69) is 18.7 Å². The molecule has 0 bridgehead atoms. The van der Waals surface area contributed by atoms with Gasteiger partial charge in [-0.2, -0.15) is 0 Å². The SMILES string of the molecule is CCOc1cccc(CN2CCC(C)C(C)C2)c1O. The van der Waals surface area contributed by atoms with Crippen molar-refractivity contribution in [1.82, 2.24) is 4.90 Å². The molecule has 0 aromatic heterocycles. The number of para-hydroxylation sites is 1. The smallest absolute Gasteiger partial charge is 0.162 e. The number of ether oxygens (including phenoxy) is 1. The average molecular weight is 263 g/mol. The zero-order chi connectivity index (χ0) is 13.8. The molecular weight excluding hydrogens is 238 g/mol. The van der Waals surface area contributed by atoms with Crippen molar-refractivity contribution in [2.45, 2.75) is 33.7 Å². The van der Waals surface area contributed by atoms with Crippen LogP contribution in [0.4, 0.5) is 0 Å². The maximum atomic E-state index is 10.2. The number of benzene rings is 1. The summed E-state index contributed by atoms with van der Waals surface area (Å²) in [6, 6.07) is 5.76. The topological polar surface area (TPSA) is 32.7 Å². The Morgan fingerprint density at radius 2 is 2.11 bits per heavy atom. The number of aromatic hydroxyl groups is 1. The van der Waals surface area contributed by atoms with E-state index >= 15 is 0 Å². The summed E-state index contributed by atoms with van der Waals surface area (Å²) < 4.78 is 5.44. The molecule has 1 aliphatic heterocycles. The quantitative estimate of drug-likeness (QED) is 0.905. The lowest BCUT2D eigenvalue weighted by molar-refractivity contribution is 0.131. The second-order valence-electron chi connectivity index (χ2n) is 5.68. The van der Waals surface area contributed by atoms with Crippen molar-refractivity contribution in [2.24, 2.45) is 11.8 Å². The van der Waals surface area contributed by atoms with Crippen LogP contribution in [0.5, 0.6) is 11.5 Å². The molecule has 2 atom stereocenters. The van der Waals surface area contributed by atoms with Crippen LogP contribution in [0.1, 0.15) is 32.8 Å². The van der Waals surface area contributed by atoms with Crippen LogP contribution in [0.3, 0.4) is 0 Å². The van der Waals surface area contributed by atoms with E-state index < -0.39 is 0 Å². The third-order valence-corrected chi connectivity index (χ3v) is 4.19. The van der Waals surface area contributed by atoms with E-state index in [0.717, 1.165) is 37.0 Å². The van der Waals surface area contributed by atoms with Gasteiger partial charge in [0.2, 0.25) is 0 Å². The normalized spacial score (nSPS) is 24.4. The second kappa shape index (κ2) is 6.29. The fourth-order valence-electron chi connectivity index (χ4n) is 2.70. The van der Waals surface area contributed by atoms with Crippen LogP contribution in [0.15, 0.2) is 18.2 Å². The Hall–Kier alpha value is -1.22. The summed E-state index contributed by atoms with van der Waals surface area (Å²) in [5.74, 6) is 2.43.